The molecule has 0 radical (unpaired) electrons. The molecule has 122 valence electrons. The maximum Gasteiger partial charge on any atom is 0.416 e. The van der Waals surface area contributed by atoms with Crippen LogP contribution in [0.5, 0.6) is 5.75 Å². The molecule has 0 amide bonds. The highest BCUT2D eigenvalue weighted by Crippen LogP contribution is 2.39. The average molecular weight is 322 g/mol. The van der Waals surface area contributed by atoms with Crippen molar-refractivity contribution in [1.82, 2.24) is 0 Å². The number of fused-ring (bicyclic) bond motifs is 1. The summed E-state index contributed by atoms with van der Waals surface area (Å²) in [6.07, 6.45) is -3.14. The second-order valence-corrected chi connectivity index (χ2v) is 5.60. The highest BCUT2D eigenvalue weighted by molar-refractivity contribution is 5.38. The van der Waals surface area contributed by atoms with Gasteiger partial charge in [-0.25, -0.2) is 0 Å². The molecule has 2 nitrogen and oxygen atoms in total. The van der Waals surface area contributed by atoms with Crippen molar-refractivity contribution in [2.45, 2.75) is 31.7 Å². The molecule has 0 spiro atoms. The number of hydrogen-bond acceptors (Lipinski definition) is 2. The Hall–Kier alpha value is -2.01. The minimum atomic E-state index is -4.32. The maximum atomic E-state index is 12.9. The molecule has 0 aromatic heterocycles. The van der Waals surface area contributed by atoms with E-state index in [9.17, 15) is 13.2 Å². The summed E-state index contributed by atoms with van der Waals surface area (Å²) in [6.45, 7) is 0.365. The van der Waals surface area contributed by atoms with Gasteiger partial charge in [0.2, 0.25) is 0 Å². The van der Waals surface area contributed by atoms with Crippen LogP contribution in [0.1, 0.15) is 34.8 Å². The summed E-state index contributed by atoms with van der Waals surface area (Å²) in [5, 5.41) is 0. The fourth-order valence-corrected chi connectivity index (χ4v) is 2.83. The van der Waals surface area contributed by atoms with Gasteiger partial charge in [-0.2, -0.15) is 13.2 Å². The molecular formula is C18H17F3O2. The highest BCUT2D eigenvalue weighted by Gasteiger charge is 2.33. The third-order valence-electron chi connectivity index (χ3n) is 4.11. The van der Waals surface area contributed by atoms with Crippen molar-refractivity contribution in [3.8, 4) is 5.75 Å². The molecule has 2 aromatic rings. The van der Waals surface area contributed by atoms with E-state index in [4.69, 9.17) is 9.47 Å². The van der Waals surface area contributed by atoms with Gasteiger partial charge in [0.05, 0.1) is 25.4 Å². The largest absolute Gasteiger partial charge is 0.497 e. The number of hydrogen-bond donors (Lipinski definition) is 0. The van der Waals surface area contributed by atoms with Gasteiger partial charge < -0.3 is 9.47 Å². The van der Waals surface area contributed by atoms with E-state index in [2.05, 4.69) is 0 Å². The van der Waals surface area contributed by atoms with Crippen LogP contribution >= 0.6 is 0 Å². The van der Waals surface area contributed by atoms with Crippen LogP contribution in [0.15, 0.2) is 42.5 Å². The van der Waals surface area contributed by atoms with E-state index >= 15 is 0 Å². The van der Waals surface area contributed by atoms with Crippen molar-refractivity contribution in [3.05, 3.63) is 64.7 Å². The van der Waals surface area contributed by atoms with Gasteiger partial charge in [-0.05, 0) is 53.8 Å². The first-order valence-electron chi connectivity index (χ1n) is 7.42. The van der Waals surface area contributed by atoms with E-state index in [0.29, 0.717) is 18.6 Å². The van der Waals surface area contributed by atoms with E-state index in [0.717, 1.165) is 29.4 Å². The van der Waals surface area contributed by atoms with Crippen LogP contribution in [-0.2, 0) is 23.9 Å². The maximum absolute atomic E-state index is 12.9. The molecule has 1 unspecified atom stereocenters. The molecular weight excluding hydrogens is 305 g/mol. The Kier molecular flexibility index (Phi) is 4.31. The van der Waals surface area contributed by atoms with Gasteiger partial charge in [-0.15, -0.1) is 0 Å². The lowest BCUT2D eigenvalue weighted by atomic mass is 10.1. The van der Waals surface area contributed by atoms with Crippen molar-refractivity contribution >= 4 is 0 Å². The molecule has 1 aliphatic rings. The standard InChI is InChI=1S/C18H17F3O2/c1-22-15-7-2-12(3-8-15)11-23-17-9-5-13-4-6-14(10-16(13)17)18(19,20)21/h2-4,6-8,10,17H,5,9,11H2,1H3. The Labute approximate surface area is 132 Å². The van der Waals surface area contributed by atoms with Crippen molar-refractivity contribution in [1.29, 1.82) is 0 Å². The van der Waals surface area contributed by atoms with Crippen LogP contribution in [0.4, 0.5) is 13.2 Å². The average Bonchev–Trinajstić information content (AvgIpc) is 2.95. The molecule has 5 heteroatoms. The summed E-state index contributed by atoms with van der Waals surface area (Å²) in [7, 11) is 1.60. The van der Waals surface area contributed by atoms with Crippen LogP contribution in [0, 0.1) is 0 Å². The molecule has 0 heterocycles. The lowest BCUT2D eigenvalue weighted by Crippen LogP contribution is -2.07. The van der Waals surface area contributed by atoms with E-state index < -0.39 is 11.7 Å². The second kappa shape index (κ2) is 6.24. The van der Waals surface area contributed by atoms with Gasteiger partial charge in [-0.3, -0.25) is 0 Å². The van der Waals surface area contributed by atoms with Crippen molar-refractivity contribution in [2.75, 3.05) is 7.11 Å². The number of alkyl halides is 3. The molecule has 0 fully saturated rings. The molecule has 0 aliphatic heterocycles. The number of benzene rings is 2. The SMILES string of the molecule is COc1ccc(COC2CCc3ccc(C(F)(F)F)cc32)cc1. The van der Waals surface area contributed by atoms with Gasteiger partial charge in [0.15, 0.2) is 0 Å². The fraction of sp³-hybridized carbons (Fsp3) is 0.333. The number of methoxy groups -OCH3 is 1. The Bertz CT molecular complexity index is 678. The molecule has 0 N–H and O–H groups in total. The summed E-state index contributed by atoms with van der Waals surface area (Å²) >= 11 is 0. The van der Waals surface area contributed by atoms with Crippen LogP contribution in [0.25, 0.3) is 0 Å². The summed E-state index contributed by atoms with van der Waals surface area (Å²) in [4.78, 5) is 0. The second-order valence-electron chi connectivity index (χ2n) is 5.60. The third-order valence-corrected chi connectivity index (χ3v) is 4.11. The molecule has 2 aromatic carbocycles. The predicted molar refractivity (Wildman–Crippen MR) is 80.3 cm³/mol. The van der Waals surface area contributed by atoms with Crippen LogP contribution in [-0.4, -0.2) is 7.11 Å². The zero-order chi connectivity index (χ0) is 16.4. The molecule has 0 bridgehead atoms. The van der Waals surface area contributed by atoms with Gasteiger partial charge in [-0.1, -0.05) is 18.2 Å². The first-order valence-corrected chi connectivity index (χ1v) is 7.42. The van der Waals surface area contributed by atoms with Gasteiger partial charge in [0.25, 0.3) is 0 Å². The summed E-state index contributed by atoms with van der Waals surface area (Å²) in [6, 6.07) is 11.4. The highest BCUT2D eigenvalue weighted by atomic mass is 19.4. The van der Waals surface area contributed by atoms with Crippen LogP contribution in [0.3, 0.4) is 0 Å². The normalized spacial score (nSPS) is 17.1. The predicted octanol–water partition coefficient (Wildman–Crippen LogP) is 4.92. The minimum absolute atomic E-state index is 0.283. The topological polar surface area (TPSA) is 18.5 Å². The number of ether oxygens (including phenoxy) is 2. The fourth-order valence-electron chi connectivity index (χ4n) is 2.83. The Balaban J connectivity index is 1.71. The molecule has 0 saturated carbocycles. The Morgan fingerprint density at radius 3 is 2.48 bits per heavy atom. The first kappa shape index (κ1) is 15.9. The third kappa shape index (κ3) is 3.50. The summed E-state index contributed by atoms with van der Waals surface area (Å²) in [5.74, 6) is 0.759. The van der Waals surface area contributed by atoms with E-state index in [1.807, 2.05) is 24.3 Å². The van der Waals surface area contributed by atoms with Gasteiger partial charge in [0.1, 0.15) is 5.75 Å². The lowest BCUT2D eigenvalue weighted by Gasteiger charge is -2.15. The van der Waals surface area contributed by atoms with E-state index in [-0.39, 0.29) is 6.10 Å². The Morgan fingerprint density at radius 1 is 1.09 bits per heavy atom. The van der Waals surface area contributed by atoms with Crippen molar-refractivity contribution in [2.24, 2.45) is 0 Å². The van der Waals surface area contributed by atoms with E-state index in [1.54, 1.807) is 13.2 Å². The summed E-state index contributed by atoms with van der Waals surface area (Å²) in [5.41, 5.74) is 1.95. The van der Waals surface area contributed by atoms with Crippen molar-refractivity contribution < 1.29 is 22.6 Å². The van der Waals surface area contributed by atoms with E-state index in [1.165, 1.54) is 6.07 Å². The molecule has 3 rings (SSSR count). The molecule has 0 saturated heterocycles. The van der Waals surface area contributed by atoms with Crippen LogP contribution in [0.2, 0.25) is 0 Å². The van der Waals surface area contributed by atoms with Gasteiger partial charge >= 0.3 is 6.18 Å². The monoisotopic (exact) mass is 322 g/mol. The zero-order valence-electron chi connectivity index (χ0n) is 12.7. The first-order chi connectivity index (χ1) is 11.0. The Morgan fingerprint density at radius 2 is 1.83 bits per heavy atom. The zero-order valence-corrected chi connectivity index (χ0v) is 12.7. The molecule has 23 heavy (non-hydrogen) atoms. The molecule has 1 atom stereocenters. The van der Waals surface area contributed by atoms with Crippen LogP contribution < -0.4 is 4.74 Å². The molecule has 1 aliphatic carbocycles. The number of aryl methyl sites for hydroxylation is 1. The summed E-state index contributed by atoms with van der Waals surface area (Å²) < 4.78 is 49.5. The van der Waals surface area contributed by atoms with Crippen molar-refractivity contribution in [3.63, 3.8) is 0 Å². The quantitative estimate of drug-likeness (QED) is 0.795. The smallest absolute Gasteiger partial charge is 0.416 e. The lowest BCUT2D eigenvalue weighted by molar-refractivity contribution is -0.137. The van der Waals surface area contributed by atoms with Gasteiger partial charge in [0, 0.05) is 0 Å². The number of halogens is 3. The minimum Gasteiger partial charge on any atom is -0.497 e. The number of rotatable bonds is 4.